The van der Waals surface area contributed by atoms with Crippen LogP contribution in [-0.2, 0) is 28.6 Å². The molecule has 0 N–H and O–H groups in total. The number of likely N-dealkylation sites (N-methyl/N-ethyl adjacent to an activating group) is 1. The molecule has 0 fully saturated rings. The highest BCUT2D eigenvalue weighted by Crippen LogP contribution is 2.12. The second kappa shape index (κ2) is 28.1. The molecular formula is C36H63NO7. The van der Waals surface area contributed by atoms with E-state index in [0.717, 1.165) is 70.6 Å². The minimum Gasteiger partial charge on any atom is -0.544 e. The number of esters is 2. The molecule has 0 aliphatic rings. The second-order valence-electron chi connectivity index (χ2n) is 12.4. The minimum atomic E-state index is -1.13. The third-order valence-corrected chi connectivity index (χ3v) is 7.29. The van der Waals surface area contributed by atoms with Crippen molar-refractivity contribution in [1.82, 2.24) is 0 Å². The average molecular weight is 622 g/mol. The van der Waals surface area contributed by atoms with Gasteiger partial charge in [0, 0.05) is 19.3 Å². The molecule has 254 valence electrons. The molecule has 0 aliphatic heterocycles. The quantitative estimate of drug-likeness (QED) is 0.0400. The van der Waals surface area contributed by atoms with Crippen LogP contribution in [0.1, 0.15) is 123 Å². The molecule has 0 bridgehead atoms. The number of quaternary nitrogens is 1. The Labute approximate surface area is 268 Å². The van der Waals surface area contributed by atoms with E-state index in [1.807, 2.05) is 0 Å². The van der Waals surface area contributed by atoms with Gasteiger partial charge in [-0.05, 0) is 44.9 Å². The number of aliphatic carboxylic acids is 1. The summed E-state index contributed by atoms with van der Waals surface area (Å²) >= 11 is 0. The molecule has 0 saturated heterocycles. The SMILES string of the molecule is CC/C=C\C/C=C\C/C=C\CCCCCCCCCC(=O)OC(COCCC(C(=O)[O-])[N+](C)(C)C)COC(=O)CCCCC. The molecule has 0 spiro atoms. The summed E-state index contributed by atoms with van der Waals surface area (Å²) in [6.07, 6.45) is 28.1. The number of ether oxygens (including phenoxy) is 3. The highest BCUT2D eigenvalue weighted by molar-refractivity contribution is 5.70. The van der Waals surface area contributed by atoms with Crippen LogP contribution >= 0.6 is 0 Å². The fourth-order valence-electron chi connectivity index (χ4n) is 4.61. The standard InChI is InChI=1S/C36H63NO7/c1-6-8-10-11-12-13-14-15-16-17-18-19-20-21-22-23-25-27-35(39)44-32(31-43-34(38)26-24-9-7-2)30-42-29-28-33(36(40)41)37(3,4)5/h8,10,12-13,15-16,32-33H,6-7,9,11,14,17-31H2,1-5H3/b10-8-,13-12-,16-15-. The van der Waals surface area contributed by atoms with Crippen LogP contribution in [0.2, 0.25) is 0 Å². The summed E-state index contributed by atoms with van der Waals surface area (Å²) in [5, 5.41) is 11.5. The molecule has 8 nitrogen and oxygen atoms in total. The molecule has 0 aromatic carbocycles. The van der Waals surface area contributed by atoms with Crippen molar-refractivity contribution in [3.05, 3.63) is 36.5 Å². The Morgan fingerprint density at radius 1 is 0.705 bits per heavy atom. The van der Waals surface area contributed by atoms with Gasteiger partial charge in [-0.25, -0.2) is 0 Å². The number of hydrogen-bond acceptors (Lipinski definition) is 7. The number of carboxylic acids is 1. The van der Waals surface area contributed by atoms with Gasteiger partial charge in [0.05, 0.1) is 40.3 Å². The predicted octanol–water partition coefficient (Wildman–Crippen LogP) is 6.62. The zero-order chi connectivity index (χ0) is 32.9. The first-order chi connectivity index (χ1) is 21.1. The number of nitrogens with zero attached hydrogens (tertiary/aromatic N) is 1. The van der Waals surface area contributed by atoms with Crippen molar-refractivity contribution in [2.75, 3.05) is 41.0 Å². The summed E-state index contributed by atoms with van der Waals surface area (Å²) in [7, 11) is 5.37. The van der Waals surface area contributed by atoms with Crippen molar-refractivity contribution >= 4 is 17.9 Å². The van der Waals surface area contributed by atoms with Crippen LogP contribution < -0.4 is 5.11 Å². The van der Waals surface area contributed by atoms with Gasteiger partial charge in [-0.15, -0.1) is 0 Å². The first-order valence-corrected chi connectivity index (χ1v) is 17.0. The molecule has 0 saturated carbocycles. The monoisotopic (exact) mass is 621 g/mol. The summed E-state index contributed by atoms with van der Waals surface area (Å²) in [4.78, 5) is 36.1. The van der Waals surface area contributed by atoms with E-state index >= 15 is 0 Å². The number of allylic oxidation sites excluding steroid dienone is 6. The molecule has 8 heteroatoms. The van der Waals surface area contributed by atoms with Crippen molar-refractivity contribution in [1.29, 1.82) is 0 Å². The number of rotatable bonds is 29. The Morgan fingerprint density at radius 2 is 1.27 bits per heavy atom. The molecule has 0 aromatic rings. The maximum Gasteiger partial charge on any atom is 0.306 e. The number of hydrogen-bond donors (Lipinski definition) is 0. The van der Waals surface area contributed by atoms with Crippen LogP contribution in [0.5, 0.6) is 0 Å². The number of carbonyl (C=O) groups is 3. The smallest absolute Gasteiger partial charge is 0.306 e. The maximum atomic E-state index is 12.5. The molecular weight excluding hydrogens is 558 g/mol. The van der Waals surface area contributed by atoms with E-state index in [1.165, 1.54) is 19.3 Å². The van der Waals surface area contributed by atoms with Crippen molar-refractivity contribution in [2.24, 2.45) is 0 Å². The molecule has 44 heavy (non-hydrogen) atoms. The maximum absolute atomic E-state index is 12.5. The highest BCUT2D eigenvalue weighted by Gasteiger charge is 2.25. The van der Waals surface area contributed by atoms with E-state index in [0.29, 0.717) is 12.8 Å². The molecule has 2 atom stereocenters. The molecule has 0 amide bonds. The van der Waals surface area contributed by atoms with Crippen molar-refractivity contribution in [3.8, 4) is 0 Å². The third kappa shape index (κ3) is 26.0. The zero-order valence-corrected chi connectivity index (χ0v) is 28.6. The van der Waals surface area contributed by atoms with E-state index < -0.39 is 18.1 Å². The lowest BCUT2D eigenvalue weighted by Gasteiger charge is -2.34. The van der Waals surface area contributed by atoms with Crippen LogP contribution in [0.25, 0.3) is 0 Å². The van der Waals surface area contributed by atoms with E-state index in [4.69, 9.17) is 14.2 Å². The van der Waals surface area contributed by atoms with Gasteiger partial charge in [-0.1, -0.05) is 95.2 Å². The Kier molecular flexibility index (Phi) is 26.5. The van der Waals surface area contributed by atoms with Crippen molar-refractivity contribution in [3.63, 3.8) is 0 Å². The van der Waals surface area contributed by atoms with Crippen LogP contribution in [0, 0.1) is 0 Å². The van der Waals surface area contributed by atoms with E-state index in [2.05, 4.69) is 50.3 Å². The Balaban J connectivity index is 4.26. The summed E-state index contributed by atoms with van der Waals surface area (Å²) in [5.41, 5.74) is 0. The van der Waals surface area contributed by atoms with Gasteiger partial charge in [0.2, 0.25) is 0 Å². The largest absolute Gasteiger partial charge is 0.544 e. The van der Waals surface area contributed by atoms with Gasteiger partial charge in [0.1, 0.15) is 12.6 Å². The topological polar surface area (TPSA) is 102 Å². The Morgan fingerprint density at radius 3 is 1.89 bits per heavy atom. The molecule has 0 heterocycles. The normalized spacial score (nSPS) is 13.6. The molecule has 0 rings (SSSR count). The van der Waals surface area contributed by atoms with Crippen molar-refractivity contribution in [2.45, 2.75) is 135 Å². The van der Waals surface area contributed by atoms with E-state index in [-0.39, 0.29) is 42.7 Å². The summed E-state index contributed by atoms with van der Waals surface area (Å²) in [6, 6.07) is -0.722. The number of carbonyl (C=O) groups excluding carboxylic acids is 3. The number of unbranched alkanes of at least 4 members (excludes halogenated alkanes) is 9. The molecule has 0 aromatic heterocycles. The summed E-state index contributed by atoms with van der Waals surface area (Å²) < 4.78 is 16.8. The van der Waals surface area contributed by atoms with E-state index in [9.17, 15) is 19.5 Å². The van der Waals surface area contributed by atoms with Gasteiger partial charge < -0.3 is 28.6 Å². The van der Waals surface area contributed by atoms with Crippen LogP contribution in [0.3, 0.4) is 0 Å². The van der Waals surface area contributed by atoms with Crippen LogP contribution in [-0.4, -0.2) is 75.5 Å². The van der Waals surface area contributed by atoms with E-state index in [1.54, 1.807) is 21.1 Å². The third-order valence-electron chi connectivity index (χ3n) is 7.29. The Hall–Kier alpha value is -2.45. The fraction of sp³-hybridized carbons (Fsp3) is 0.750. The summed E-state index contributed by atoms with van der Waals surface area (Å²) in [6.45, 7) is 4.34. The minimum absolute atomic E-state index is 0.0351. The number of carboxylic acid groups (broad SMARTS) is 1. The first-order valence-electron chi connectivity index (χ1n) is 17.0. The summed E-state index contributed by atoms with van der Waals surface area (Å²) in [5.74, 6) is -1.79. The average Bonchev–Trinajstić information content (AvgIpc) is 2.96. The molecule has 0 radical (unpaired) electrons. The predicted molar refractivity (Wildman–Crippen MR) is 176 cm³/mol. The van der Waals surface area contributed by atoms with Gasteiger partial charge >= 0.3 is 11.9 Å². The molecule has 0 aliphatic carbocycles. The van der Waals surface area contributed by atoms with Crippen LogP contribution in [0.4, 0.5) is 0 Å². The Bertz CT molecular complexity index is 829. The molecule has 2 unspecified atom stereocenters. The lowest BCUT2D eigenvalue weighted by atomic mass is 10.1. The first kappa shape index (κ1) is 41.5. The van der Waals surface area contributed by atoms with Gasteiger partial charge in [-0.2, -0.15) is 0 Å². The van der Waals surface area contributed by atoms with Gasteiger partial charge in [0.25, 0.3) is 0 Å². The fourth-order valence-corrected chi connectivity index (χ4v) is 4.61. The lowest BCUT2D eigenvalue weighted by molar-refractivity contribution is -0.889. The van der Waals surface area contributed by atoms with Crippen LogP contribution in [0.15, 0.2) is 36.5 Å². The lowest BCUT2D eigenvalue weighted by Crippen LogP contribution is -2.55. The van der Waals surface area contributed by atoms with Gasteiger partial charge in [0.15, 0.2) is 6.10 Å². The second-order valence-corrected chi connectivity index (χ2v) is 12.4. The highest BCUT2D eigenvalue weighted by atomic mass is 16.6. The van der Waals surface area contributed by atoms with Crippen molar-refractivity contribution < 1.29 is 38.2 Å². The van der Waals surface area contributed by atoms with Gasteiger partial charge in [-0.3, -0.25) is 9.59 Å². The zero-order valence-electron chi connectivity index (χ0n) is 28.6.